The van der Waals surface area contributed by atoms with Crippen LogP contribution in [0.15, 0.2) is 0 Å². The summed E-state index contributed by atoms with van der Waals surface area (Å²) in [6.45, 7) is 7.33. The second-order valence-electron chi connectivity index (χ2n) is 5.93. The molecule has 1 saturated heterocycles. The minimum Gasteiger partial charge on any atom is -0.378 e. The van der Waals surface area contributed by atoms with E-state index in [-0.39, 0.29) is 5.91 Å². The molecule has 5 nitrogen and oxygen atoms in total. The van der Waals surface area contributed by atoms with Gasteiger partial charge < -0.3 is 10.1 Å². The summed E-state index contributed by atoms with van der Waals surface area (Å²) < 4.78 is 7.39. The molecular formula is C15H23N3O2. The smallest absolute Gasteiger partial charge is 0.241 e. The number of rotatable bonds is 4. The average molecular weight is 277 g/mol. The highest BCUT2D eigenvalue weighted by Gasteiger charge is 2.45. The van der Waals surface area contributed by atoms with Crippen molar-refractivity contribution in [1.29, 1.82) is 0 Å². The molecule has 2 aliphatic rings. The van der Waals surface area contributed by atoms with Gasteiger partial charge in [-0.05, 0) is 38.7 Å². The molecule has 1 aliphatic carbocycles. The van der Waals surface area contributed by atoms with Gasteiger partial charge in [0.1, 0.15) is 6.54 Å². The Kier molecular flexibility index (Phi) is 3.54. The molecule has 0 spiro atoms. The van der Waals surface area contributed by atoms with E-state index < -0.39 is 0 Å². The molecule has 110 valence electrons. The van der Waals surface area contributed by atoms with Gasteiger partial charge in [0.15, 0.2) is 0 Å². The summed E-state index contributed by atoms with van der Waals surface area (Å²) in [5.41, 5.74) is 3.40. The molecule has 3 rings (SSSR count). The Morgan fingerprint density at radius 3 is 2.95 bits per heavy atom. The van der Waals surface area contributed by atoms with Gasteiger partial charge in [0.05, 0.1) is 11.8 Å². The Hall–Kier alpha value is -1.36. The number of hydrogen-bond acceptors (Lipinski definition) is 3. The van der Waals surface area contributed by atoms with Gasteiger partial charge in [-0.3, -0.25) is 9.48 Å². The lowest BCUT2D eigenvalue weighted by molar-refractivity contribution is -0.124. The molecule has 2 heterocycles. The SMILES string of the molecule is CCc1c(C)nn(CC(=O)N[C@H]2C[C@@H]3OCC[C@H]23)c1C. The minimum absolute atomic E-state index is 0.0635. The van der Waals surface area contributed by atoms with E-state index in [1.807, 2.05) is 18.5 Å². The van der Waals surface area contributed by atoms with Gasteiger partial charge in [-0.1, -0.05) is 6.92 Å². The number of fused-ring (bicyclic) bond motifs is 1. The van der Waals surface area contributed by atoms with Gasteiger partial charge in [-0.15, -0.1) is 0 Å². The third-order valence-electron chi connectivity index (χ3n) is 4.79. The fourth-order valence-electron chi connectivity index (χ4n) is 3.55. The van der Waals surface area contributed by atoms with Gasteiger partial charge in [0.25, 0.3) is 0 Å². The van der Waals surface area contributed by atoms with Crippen LogP contribution in [0.25, 0.3) is 0 Å². The molecule has 1 aliphatic heterocycles. The molecule has 2 fully saturated rings. The highest BCUT2D eigenvalue weighted by Crippen LogP contribution is 2.38. The van der Waals surface area contributed by atoms with Gasteiger partial charge in [0.2, 0.25) is 5.91 Å². The standard InChI is InChI=1S/C15H23N3O2/c1-4-11-9(2)17-18(10(11)3)8-15(19)16-13-7-14-12(13)5-6-20-14/h12-14H,4-8H2,1-3H3,(H,16,19)/t12-,13+,14+/m1/s1. The molecule has 0 unspecified atom stereocenters. The van der Waals surface area contributed by atoms with Crippen molar-refractivity contribution < 1.29 is 9.53 Å². The first kappa shape index (κ1) is 13.6. The van der Waals surface area contributed by atoms with E-state index >= 15 is 0 Å². The number of hydrogen-bond donors (Lipinski definition) is 1. The van der Waals surface area contributed by atoms with Crippen molar-refractivity contribution >= 4 is 5.91 Å². The highest BCUT2D eigenvalue weighted by molar-refractivity contribution is 5.76. The van der Waals surface area contributed by atoms with Crippen LogP contribution in [0, 0.1) is 19.8 Å². The molecule has 0 aromatic carbocycles. The first-order valence-electron chi connectivity index (χ1n) is 7.54. The number of ether oxygens (including phenoxy) is 1. The normalized spacial score (nSPS) is 28.1. The third-order valence-corrected chi connectivity index (χ3v) is 4.79. The van der Waals surface area contributed by atoms with Gasteiger partial charge in [0, 0.05) is 24.3 Å². The van der Waals surface area contributed by atoms with Gasteiger partial charge in [-0.25, -0.2) is 0 Å². The van der Waals surface area contributed by atoms with Crippen LogP contribution in [0.5, 0.6) is 0 Å². The van der Waals surface area contributed by atoms with Crippen LogP contribution in [0.1, 0.15) is 36.7 Å². The van der Waals surface area contributed by atoms with Crippen molar-refractivity contribution in [3.8, 4) is 0 Å². The van der Waals surface area contributed by atoms with Crippen molar-refractivity contribution in [2.45, 2.75) is 58.7 Å². The fraction of sp³-hybridized carbons (Fsp3) is 0.733. The quantitative estimate of drug-likeness (QED) is 0.904. The second-order valence-corrected chi connectivity index (χ2v) is 5.93. The molecular weight excluding hydrogens is 254 g/mol. The number of amides is 1. The molecule has 0 radical (unpaired) electrons. The van der Waals surface area contributed by atoms with Crippen LogP contribution in [0.4, 0.5) is 0 Å². The summed E-state index contributed by atoms with van der Waals surface area (Å²) in [7, 11) is 0. The van der Waals surface area contributed by atoms with E-state index in [1.165, 1.54) is 5.56 Å². The topological polar surface area (TPSA) is 56.2 Å². The number of aryl methyl sites for hydroxylation is 1. The average Bonchev–Trinajstić information content (AvgIpc) is 2.88. The molecule has 5 heteroatoms. The molecule has 1 saturated carbocycles. The van der Waals surface area contributed by atoms with Crippen LogP contribution in [-0.4, -0.2) is 34.4 Å². The van der Waals surface area contributed by atoms with Crippen molar-refractivity contribution in [2.75, 3.05) is 6.61 Å². The van der Waals surface area contributed by atoms with E-state index in [9.17, 15) is 4.79 Å². The molecule has 20 heavy (non-hydrogen) atoms. The number of nitrogens with one attached hydrogen (secondary N) is 1. The Bertz CT molecular complexity index is 523. The highest BCUT2D eigenvalue weighted by atomic mass is 16.5. The molecule has 1 aromatic heterocycles. The van der Waals surface area contributed by atoms with E-state index in [4.69, 9.17) is 4.74 Å². The summed E-state index contributed by atoms with van der Waals surface area (Å²) in [5, 5.41) is 7.60. The molecule has 3 atom stereocenters. The third kappa shape index (κ3) is 2.24. The first-order valence-corrected chi connectivity index (χ1v) is 7.54. The van der Waals surface area contributed by atoms with Crippen LogP contribution < -0.4 is 5.32 Å². The Balaban J connectivity index is 1.59. The van der Waals surface area contributed by atoms with Crippen molar-refractivity contribution in [3.63, 3.8) is 0 Å². The predicted molar refractivity (Wildman–Crippen MR) is 75.5 cm³/mol. The summed E-state index contributed by atoms with van der Waals surface area (Å²) in [5.74, 6) is 0.596. The zero-order chi connectivity index (χ0) is 14.3. The Morgan fingerprint density at radius 2 is 2.30 bits per heavy atom. The lowest BCUT2D eigenvalue weighted by atomic mass is 9.76. The lowest BCUT2D eigenvalue weighted by Gasteiger charge is -2.39. The summed E-state index contributed by atoms with van der Waals surface area (Å²) in [6.07, 6.45) is 3.40. The van der Waals surface area contributed by atoms with Crippen LogP contribution in [0.3, 0.4) is 0 Å². The molecule has 0 bridgehead atoms. The fourth-order valence-corrected chi connectivity index (χ4v) is 3.55. The van der Waals surface area contributed by atoms with Crippen LogP contribution in [-0.2, 0) is 22.5 Å². The number of carbonyl (C=O) groups is 1. The van der Waals surface area contributed by atoms with Crippen molar-refractivity contribution in [3.05, 3.63) is 17.0 Å². The van der Waals surface area contributed by atoms with Crippen molar-refractivity contribution in [2.24, 2.45) is 5.92 Å². The lowest BCUT2D eigenvalue weighted by Crippen LogP contribution is -2.54. The summed E-state index contributed by atoms with van der Waals surface area (Å²) in [4.78, 5) is 12.2. The maximum absolute atomic E-state index is 12.2. The van der Waals surface area contributed by atoms with E-state index in [1.54, 1.807) is 0 Å². The van der Waals surface area contributed by atoms with Gasteiger partial charge in [-0.2, -0.15) is 5.10 Å². The van der Waals surface area contributed by atoms with Crippen LogP contribution in [0.2, 0.25) is 0 Å². The Labute approximate surface area is 119 Å². The van der Waals surface area contributed by atoms with E-state index in [0.29, 0.717) is 24.6 Å². The maximum Gasteiger partial charge on any atom is 0.241 e. The van der Waals surface area contributed by atoms with E-state index in [0.717, 1.165) is 37.3 Å². The van der Waals surface area contributed by atoms with Gasteiger partial charge >= 0.3 is 0 Å². The molecule has 1 amide bonds. The minimum atomic E-state index is 0.0635. The monoisotopic (exact) mass is 277 g/mol. The zero-order valence-electron chi connectivity index (χ0n) is 12.5. The number of nitrogens with zero attached hydrogens (tertiary/aromatic N) is 2. The number of aromatic nitrogens is 2. The van der Waals surface area contributed by atoms with Crippen LogP contribution >= 0.6 is 0 Å². The van der Waals surface area contributed by atoms with E-state index in [2.05, 4.69) is 17.3 Å². The zero-order valence-corrected chi connectivity index (χ0v) is 12.5. The Morgan fingerprint density at radius 1 is 1.50 bits per heavy atom. The predicted octanol–water partition coefficient (Wildman–Crippen LogP) is 1.36. The molecule has 1 N–H and O–H groups in total. The molecule has 1 aromatic rings. The second kappa shape index (κ2) is 5.20. The van der Waals surface area contributed by atoms with Crippen molar-refractivity contribution in [1.82, 2.24) is 15.1 Å². The first-order chi connectivity index (χ1) is 9.60. The summed E-state index contributed by atoms with van der Waals surface area (Å²) >= 11 is 0. The maximum atomic E-state index is 12.2. The summed E-state index contributed by atoms with van der Waals surface area (Å²) in [6, 6.07) is 0.303. The largest absolute Gasteiger partial charge is 0.378 e. The number of carbonyl (C=O) groups excluding carboxylic acids is 1.